The number of benzene rings is 1. The zero-order valence-corrected chi connectivity index (χ0v) is 12.6. The lowest BCUT2D eigenvalue weighted by atomic mass is 10.0. The fourth-order valence-corrected chi connectivity index (χ4v) is 2.58. The molecule has 0 saturated heterocycles. The molecule has 1 aromatic rings. The Morgan fingerprint density at radius 1 is 1.35 bits per heavy atom. The number of para-hydroxylation sites is 2. The van der Waals surface area contributed by atoms with Crippen molar-refractivity contribution in [2.75, 3.05) is 50.6 Å². The van der Waals surface area contributed by atoms with Gasteiger partial charge in [-0.1, -0.05) is 12.1 Å². The van der Waals surface area contributed by atoms with Gasteiger partial charge in [-0.25, -0.2) is 4.79 Å². The number of nitrogens with zero attached hydrogens (tertiary/aromatic N) is 2. The molecule has 5 heteroatoms. The topological polar surface area (TPSA) is 44.8 Å². The minimum absolute atomic E-state index is 0.239. The molecule has 1 heterocycles. The Hall–Kier alpha value is -1.75. The summed E-state index contributed by atoms with van der Waals surface area (Å²) in [6.45, 7) is 4.29. The van der Waals surface area contributed by atoms with Gasteiger partial charge in [0, 0.05) is 26.7 Å². The summed E-state index contributed by atoms with van der Waals surface area (Å²) in [5.74, 6) is -0.239. The van der Waals surface area contributed by atoms with E-state index < -0.39 is 5.54 Å². The fraction of sp³-hybridized carbons (Fsp3) is 0.533. The third kappa shape index (κ3) is 2.58. The highest BCUT2D eigenvalue weighted by atomic mass is 16.5. The van der Waals surface area contributed by atoms with E-state index >= 15 is 0 Å². The van der Waals surface area contributed by atoms with Crippen LogP contribution in [0, 0.1) is 0 Å². The van der Waals surface area contributed by atoms with Crippen LogP contribution in [0.15, 0.2) is 24.3 Å². The van der Waals surface area contributed by atoms with E-state index in [0.717, 1.165) is 18.8 Å². The molecule has 0 aliphatic carbocycles. The summed E-state index contributed by atoms with van der Waals surface area (Å²) in [5, 5.41) is 3.09. The zero-order chi connectivity index (χ0) is 14.8. The third-order valence-corrected chi connectivity index (χ3v) is 4.03. The number of methoxy groups -OCH3 is 1. The molecule has 1 unspecified atom stereocenters. The van der Waals surface area contributed by atoms with Crippen LogP contribution in [0.5, 0.6) is 0 Å². The minimum atomic E-state index is -0.711. The Bertz CT molecular complexity index is 492. The smallest absolute Gasteiger partial charge is 0.327 e. The number of carbonyl (C=O) groups excluding carboxylic acids is 1. The summed E-state index contributed by atoms with van der Waals surface area (Å²) >= 11 is 0. The van der Waals surface area contributed by atoms with Gasteiger partial charge < -0.3 is 19.9 Å². The van der Waals surface area contributed by atoms with Crippen molar-refractivity contribution in [3.05, 3.63) is 24.3 Å². The van der Waals surface area contributed by atoms with E-state index in [1.165, 1.54) is 12.8 Å². The van der Waals surface area contributed by atoms with Gasteiger partial charge in [0.25, 0.3) is 0 Å². The number of hydrogen-bond acceptors (Lipinski definition) is 5. The van der Waals surface area contributed by atoms with Crippen LogP contribution in [0.4, 0.5) is 11.4 Å². The van der Waals surface area contributed by atoms with Gasteiger partial charge in [0.05, 0.1) is 18.5 Å². The molecule has 0 bridgehead atoms. The molecule has 1 aliphatic heterocycles. The van der Waals surface area contributed by atoms with Crippen molar-refractivity contribution < 1.29 is 9.53 Å². The summed E-state index contributed by atoms with van der Waals surface area (Å²) in [7, 11) is 5.31. The lowest BCUT2D eigenvalue weighted by Gasteiger charge is -2.40. The molecule has 0 radical (unpaired) electrons. The first kappa shape index (κ1) is 14.7. The second-order valence-corrected chi connectivity index (χ2v) is 5.41. The van der Waals surface area contributed by atoms with Crippen LogP contribution in [-0.2, 0) is 9.53 Å². The van der Waals surface area contributed by atoms with E-state index in [1.54, 1.807) is 7.05 Å². The summed E-state index contributed by atoms with van der Waals surface area (Å²) in [6, 6.07) is 8.27. The molecule has 1 aliphatic rings. The average molecular weight is 277 g/mol. The molecule has 0 aromatic heterocycles. The monoisotopic (exact) mass is 277 g/mol. The van der Waals surface area contributed by atoms with Crippen LogP contribution in [0.1, 0.15) is 6.92 Å². The number of likely N-dealkylation sites (N-methyl/N-ethyl adjacent to an activating group) is 2. The van der Waals surface area contributed by atoms with Gasteiger partial charge in [0.2, 0.25) is 0 Å². The first-order valence-electron chi connectivity index (χ1n) is 6.84. The van der Waals surface area contributed by atoms with Crippen LogP contribution in [0.25, 0.3) is 0 Å². The first-order valence-corrected chi connectivity index (χ1v) is 6.84. The van der Waals surface area contributed by atoms with E-state index in [1.807, 2.05) is 19.1 Å². The second kappa shape index (κ2) is 5.71. The predicted molar refractivity (Wildman–Crippen MR) is 81.4 cm³/mol. The van der Waals surface area contributed by atoms with Crippen LogP contribution in [-0.4, -0.2) is 52.3 Å². The fourth-order valence-electron chi connectivity index (χ4n) is 2.58. The Balaban J connectivity index is 2.27. The Morgan fingerprint density at radius 2 is 2.00 bits per heavy atom. The highest BCUT2D eigenvalue weighted by molar-refractivity contribution is 5.82. The molecular weight excluding hydrogens is 254 g/mol. The second-order valence-electron chi connectivity index (χ2n) is 5.41. The van der Waals surface area contributed by atoms with Crippen molar-refractivity contribution in [2.45, 2.75) is 12.5 Å². The van der Waals surface area contributed by atoms with Crippen molar-refractivity contribution in [1.29, 1.82) is 0 Å². The molecule has 1 N–H and O–H groups in total. The number of rotatable bonds is 4. The van der Waals surface area contributed by atoms with Crippen molar-refractivity contribution >= 4 is 17.3 Å². The van der Waals surface area contributed by atoms with E-state index in [0.29, 0.717) is 6.54 Å². The predicted octanol–water partition coefficient (Wildman–Crippen LogP) is 1.09. The van der Waals surface area contributed by atoms with Crippen LogP contribution < -0.4 is 15.1 Å². The normalized spacial score (nSPS) is 17.4. The van der Waals surface area contributed by atoms with E-state index in [2.05, 4.69) is 34.3 Å². The van der Waals surface area contributed by atoms with Crippen molar-refractivity contribution in [1.82, 2.24) is 5.32 Å². The maximum absolute atomic E-state index is 12.0. The first-order chi connectivity index (χ1) is 9.51. The molecule has 5 nitrogen and oxygen atoms in total. The molecule has 20 heavy (non-hydrogen) atoms. The number of ether oxygens (including phenoxy) is 1. The van der Waals surface area contributed by atoms with Gasteiger partial charge in [0.1, 0.15) is 5.54 Å². The molecule has 0 amide bonds. The molecule has 0 fully saturated rings. The molecule has 1 aromatic carbocycles. The Morgan fingerprint density at radius 3 is 2.60 bits per heavy atom. The Kier molecular flexibility index (Phi) is 4.18. The molecule has 110 valence electrons. The van der Waals surface area contributed by atoms with Crippen molar-refractivity contribution in [3.63, 3.8) is 0 Å². The average Bonchev–Trinajstić information content (AvgIpc) is 2.49. The molecule has 2 rings (SSSR count). The van der Waals surface area contributed by atoms with Gasteiger partial charge in [-0.3, -0.25) is 0 Å². The van der Waals surface area contributed by atoms with Gasteiger partial charge >= 0.3 is 5.97 Å². The summed E-state index contributed by atoms with van der Waals surface area (Å²) in [5.41, 5.74) is 1.64. The number of fused-ring (bicyclic) bond motifs is 1. The van der Waals surface area contributed by atoms with E-state index in [9.17, 15) is 4.79 Å². The summed E-state index contributed by atoms with van der Waals surface area (Å²) in [6.07, 6.45) is 0. The lowest BCUT2D eigenvalue weighted by molar-refractivity contribution is -0.147. The van der Waals surface area contributed by atoms with Gasteiger partial charge in [-0.05, 0) is 26.1 Å². The van der Waals surface area contributed by atoms with Gasteiger partial charge in [-0.2, -0.15) is 0 Å². The minimum Gasteiger partial charge on any atom is -0.468 e. The standard InChI is InChI=1S/C15H23N3O2/c1-15(16-2,14(19)20-4)11-18-10-9-17(3)12-7-5-6-8-13(12)18/h5-8,16H,9-11H2,1-4H3. The van der Waals surface area contributed by atoms with Gasteiger partial charge in [0.15, 0.2) is 0 Å². The number of hydrogen-bond donors (Lipinski definition) is 1. The van der Waals surface area contributed by atoms with Crippen LogP contribution in [0.2, 0.25) is 0 Å². The quantitative estimate of drug-likeness (QED) is 0.835. The number of carbonyl (C=O) groups is 1. The third-order valence-electron chi connectivity index (χ3n) is 4.03. The highest BCUT2D eigenvalue weighted by Gasteiger charge is 2.36. The summed E-state index contributed by atoms with van der Waals surface area (Å²) in [4.78, 5) is 16.5. The lowest BCUT2D eigenvalue weighted by Crippen LogP contribution is -2.57. The van der Waals surface area contributed by atoms with Crippen molar-refractivity contribution in [3.8, 4) is 0 Å². The number of anilines is 2. The van der Waals surface area contributed by atoms with E-state index in [-0.39, 0.29) is 5.97 Å². The largest absolute Gasteiger partial charge is 0.468 e. The number of esters is 1. The molecule has 1 atom stereocenters. The van der Waals surface area contributed by atoms with Gasteiger partial charge in [-0.15, -0.1) is 0 Å². The zero-order valence-electron chi connectivity index (χ0n) is 12.6. The maximum Gasteiger partial charge on any atom is 0.327 e. The molecular formula is C15H23N3O2. The summed E-state index contributed by atoms with van der Waals surface area (Å²) < 4.78 is 4.92. The number of nitrogens with one attached hydrogen (secondary N) is 1. The Labute approximate surface area is 120 Å². The maximum atomic E-state index is 12.0. The highest BCUT2D eigenvalue weighted by Crippen LogP contribution is 2.32. The molecule has 0 saturated carbocycles. The van der Waals surface area contributed by atoms with Crippen molar-refractivity contribution in [2.24, 2.45) is 0 Å². The van der Waals surface area contributed by atoms with E-state index in [4.69, 9.17) is 4.74 Å². The molecule has 0 spiro atoms. The van der Waals surface area contributed by atoms with Crippen LogP contribution >= 0.6 is 0 Å². The van der Waals surface area contributed by atoms with Crippen LogP contribution in [0.3, 0.4) is 0 Å². The SMILES string of the molecule is CNC(C)(CN1CCN(C)c2ccccc21)C(=O)OC.